The van der Waals surface area contributed by atoms with Crippen LogP contribution in [0.25, 0.3) is 0 Å². The highest BCUT2D eigenvalue weighted by molar-refractivity contribution is 5.94. The minimum absolute atomic E-state index is 0.315. The van der Waals surface area contributed by atoms with Crippen molar-refractivity contribution in [2.24, 2.45) is 5.92 Å². The lowest BCUT2D eigenvalue weighted by Crippen LogP contribution is -2.36. The number of nitrogens with one attached hydrogen (secondary N) is 1. The quantitative estimate of drug-likeness (QED) is 0.917. The van der Waals surface area contributed by atoms with Crippen LogP contribution >= 0.6 is 0 Å². The predicted molar refractivity (Wildman–Crippen MR) is 81.9 cm³/mol. The Bertz CT molecular complexity index is 466. The molecule has 0 aromatic heterocycles. The summed E-state index contributed by atoms with van der Waals surface area (Å²) in [7, 11) is 0. The molecule has 0 aliphatic carbocycles. The van der Waals surface area contributed by atoms with Gasteiger partial charge in [-0.05, 0) is 62.7 Å². The Balaban J connectivity index is 1.60. The molecule has 1 aromatic carbocycles. The van der Waals surface area contributed by atoms with Crippen LogP contribution in [0.4, 0.5) is 5.69 Å². The van der Waals surface area contributed by atoms with Gasteiger partial charge in [0.05, 0.1) is 0 Å². The van der Waals surface area contributed by atoms with Crippen molar-refractivity contribution in [3.8, 4) is 0 Å². The first kappa shape index (κ1) is 13.6. The van der Waals surface area contributed by atoms with Gasteiger partial charge in [0.1, 0.15) is 0 Å². The third-order valence-electron chi connectivity index (χ3n) is 4.64. The van der Waals surface area contributed by atoms with Gasteiger partial charge in [-0.2, -0.15) is 0 Å². The van der Waals surface area contributed by atoms with Crippen molar-refractivity contribution in [3.05, 3.63) is 29.8 Å². The predicted octanol–water partition coefficient (Wildman–Crippen LogP) is 2.75. The Kier molecular flexibility index (Phi) is 4.36. The Morgan fingerprint density at radius 1 is 1.25 bits per heavy atom. The van der Waals surface area contributed by atoms with Gasteiger partial charge >= 0.3 is 0 Å². The van der Waals surface area contributed by atoms with Crippen molar-refractivity contribution < 1.29 is 4.79 Å². The van der Waals surface area contributed by atoms with Gasteiger partial charge in [-0.3, -0.25) is 4.79 Å². The van der Waals surface area contributed by atoms with E-state index in [4.69, 9.17) is 0 Å². The third-order valence-corrected chi connectivity index (χ3v) is 4.64. The van der Waals surface area contributed by atoms with Crippen molar-refractivity contribution in [1.29, 1.82) is 0 Å². The lowest BCUT2D eigenvalue weighted by atomic mass is 9.92. The monoisotopic (exact) mass is 272 g/mol. The standard InChI is InChI=1S/C17H24N2O/c20-17(8-7-14-9-11-18-12-10-14)19-13-3-5-15-4-1-2-6-16(15)19/h1-2,4,6,14,18H,3,5,7-13H2. The first-order valence-electron chi connectivity index (χ1n) is 7.93. The molecule has 3 nitrogen and oxygen atoms in total. The molecule has 1 aromatic rings. The fourth-order valence-electron chi connectivity index (χ4n) is 3.43. The fraction of sp³-hybridized carbons (Fsp3) is 0.588. The lowest BCUT2D eigenvalue weighted by Gasteiger charge is -2.30. The number of nitrogens with zero attached hydrogens (tertiary/aromatic N) is 1. The van der Waals surface area contributed by atoms with Crippen molar-refractivity contribution in [2.75, 3.05) is 24.5 Å². The second-order valence-corrected chi connectivity index (χ2v) is 6.01. The Labute approximate surface area is 121 Å². The van der Waals surface area contributed by atoms with E-state index in [0.717, 1.165) is 50.5 Å². The zero-order valence-corrected chi connectivity index (χ0v) is 12.1. The Hall–Kier alpha value is -1.35. The summed E-state index contributed by atoms with van der Waals surface area (Å²) in [4.78, 5) is 14.5. The van der Waals surface area contributed by atoms with Gasteiger partial charge in [0.2, 0.25) is 5.91 Å². The molecule has 0 spiro atoms. The molecule has 1 amide bonds. The molecule has 0 saturated carbocycles. The highest BCUT2D eigenvalue weighted by atomic mass is 16.2. The van der Waals surface area contributed by atoms with E-state index in [9.17, 15) is 4.79 Å². The van der Waals surface area contributed by atoms with Gasteiger partial charge in [-0.25, -0.2) is 0 Å². The largest absolute Gasteiger partial charge is 0.317 e. The number of fused-ring (bicyclic) bond motifs is 1. The van der Waals surface area contributed by atoms with E-state index >= 15 is 0 Å². The number of aryl methyl sites for hydroxylation is 1. The van der Waals surface area contributed by atoms with Crippen molar-refractivity contribution in [2.45, 2.75) is 38.5 Å². The van der Waals surface area contributed by atoms with Crippen molar-refractivity contribution >= 4 is 11.6 Å². The van der Waals surface area contributed by atoms with E-state index in [1.165, 1.54) is 18.4 Å². The summed E-state index contributed by atoms with van der Waals surface area (Å²) in [5.41, 5.74) is 2.48. The second kappa shape index (κ2) is 6.40. The van der Waals surface area contributed by atoms with Gasteiger partial charge in [0.25, 0.3) is 0 Å². The van der Waals surface area contributed by atoms with Crippen LogP contribution in [-0.4, -0.2) is 25.5 Å². The topological polar surface area (TPSA) is 32.3 Å². The molecule has 108 valence electrons. The molecule has 1 saturated heterocycles. The van der Waals surface area contributed by atoms with E-state index in [2.05, 4.69) is 23.5 Å². The second-order valence-electron chi connectivity index (χ2n) is 6.01. The number of rotatable bonds is 3. The van der Waals surface area contributed by atoms with E-state index in [0.29, 0.717) is 12.3 Å². The summed E-state index contributed by atoms with van der Waals surface area (Å²) in [6.45, 7) is 3.12. The van der Waals surface area contributed by atoms with Gasteiger partial charge in [-0.1, -0.05) is 18.2 Å². The number of para-hydroxylation sites is 1. The SMILES string of the molecule is O=C(CCC1CCNCC1)N1CCCc2ccccc21. The minimum atomic E-state index is 0.315. The van der Waals surface area contributed by atoms with E-state index in [1.807, 2.05) is 11.0 Å². The number of amides is 1. The van der Waals surface area contributed by atoms with Crippen LogP contribution in [0.1, 0.15) is 37.7 Å². The van der Waals surface area contributed by atoms with Crippen molar-refractivity contribution in [3.63, 3.8) is 0 Å². The third kappa shape index (κ3) is 3.04. The summed E-state index contributed by atoms with van der Waals surface area (Å²) >= 11 is 0. The molecular formula is C17H24N2O. The molecule has 3 heteroatoms. The number of carbonyl (C=O) groups is 1. The van der Waals surface area contributed by atoms with E-state index in [1.54, 1.807) is 0 Å². The van der Waals surface area contributed by atoms with Crippen molar-refractivity contribution in [1.82, 2.24) is 5.32 Å². The average Bonchev–Trinajstić information content (AvgIpc) is 2.53. The summed E-state index contributed by atoms with van der Waals surface area (Å²) in [5, 5.41) is 3.38. The van der Waals surface area contributed by atoms with Crippen LogP contribution in [0.2, 0.25) is 0 Å². The number of hydrogen-bond acceptors (Lipinski definition) is 2. The maximum Gasteiger partial charge on any atom is 0.226 e. The molecule has 0 bridgehead atoms. The summed E-state index contributed by atoms with van der Waals surface area (Å²) in [6, 6.07) is 8.36. The minimum Gasteiger partial charge on any atom is -0.317 e. The maximum atomic E-state index is 12.5. The van der Waals surface area contributed by atoms with Gasteiger partial charge < -0.3 is 10.2 Å². The summed E-state index contributed by atoms with van der Waals surface area (Å²) in [5.74, 6) is 1.05. The summed E-state index contributed by atoms with van der Waals surface area (Å²) in [6.07, 6.45) is 6.41. The molecule has 0 unspecified atom stereocenters. The smallest absolute Gasteiger partial charge is 0.226 e. The number of anilines is 1. The highest BCUT2D eigenvalue weighted by Crippen LogP contribution is 2.28. The van der Waals surface area contributed by atoms with Crippen LogP contribution < -0.4 is 10.2 Å². The van der Waals surface area contributed by atoms with Crippen LogP contribution in [-0.2, 0) is 11.2 Å². The molecule has 3 rings (SSSR count). The van der Waals surface area contributed by atoms with Gasteiger partial charge in [0.15, 0.2) is 0 Å². The maximum absolute atomic E-state index is 12.5. The molecular weight excluding hydrogens is 248 g/mol. The number of piperidine rings is 1. The van der Waals surface area contributed by atoms with Crippen LogP contribution in [0.15, 0.2) is 24.3 Å². The normalized spacial score (nSPS) is 19.7. The average molecular weight is 272 g/mol. The van der Waals surface area contributed by atoms with Crippen LogP contribution in [0, 0.1) is 5.92 Å². The molecule has 2 aliphatic heterocycles. The summed E-state index contributed by atoms with van der Waals surface area (Å²) < 4.78 is 0. The number of hydrogen-bond donors (Lipinski definition) is 1. The molecule has 20 heavy (non-hydrogen) atoms. The molecule has 1 N–H and O–H groups in total. The first-order valence-corrected chi connectivity index (χ1v) is 7.93. The highest BCUT2D eigenvalue weighted by Gasteiger charge is 2.23. The van der Waals surface area contributed by atoms with E-state index in [-0.39, 0.29) is 0 Å². The number of benzene rings is 1. The Morgan fingerprint density at radius 3 is 2.90 bits per heavy atom. The molecule has 1 fully saturated rings. The Morgan fingerprint density at radius 2 is 2.05 bits per heavy atom. The zero-order valence-electron chi connectivity index (χ0n) is 12.1. The molecule has 2 heterocycles. The fourth-order valence-corrected chi connectivity index (χ4v) is 3.43. The first-order chi connectivity index (χ1) is 9.84. The van der Waals surface area contributed by atoms with Gasteiger partial charge in [-0.15, -0.1) is 0 Å². The van der Waals surface area contributed by atoms with E-state index < -0.39 is 0 Å². The van der Waals surface area contributed by atoms with Crippen LogP contribution in [0.5, 0.6) is 0 Å². The molecule has 0 atom stereocenters. The number of carbonyl (C=O) groups excluding carboxylic acids is 1. The lowest BCUT2D eigenvalue weighted by molar-refractivity contribution is -0.119. The van der Waals surface area contributed by atoms with Crippen LogP contribution in [0.3, 0.4) is 0 Å². The van der Waals surface area contributed by atoms with Gasteiger partial charge in [0, 0.05) is 18.7 Å². The zero-order chi connectivity index (χ0) is 13.8. The molecule has 0 radical (unpaired) electrons. The molecule has 2 aliphatic rings.